The van der Waals surface area contributed by atoms with Crippen LogP contribution in [-0.4, -0.2) is 59.8 Å². The summed E-state index contributed by atoms with van der Waals surface area (Å²) in [5.74, 6) is -1.68. The van der Waals surface area contributed by atoms with Crippen LogP contribution in [0.25, 0.3) is 0 Å². The predicted molar refractivity (Wildman–Crippen MR) is 94.0 cm³/mol. The molecular formula is C18H32N2O4. The number of aliphatic carboxylic acids is 2. The van der Waals surface area contributed by atoms with E-state index in [1.165, 1.54) is 45.6 Å². The molecule has 3 N–H and O–H groups in total. The lowest BCUT2D eigenvalue weighted by Crippen LogP contribution is -2.61. The van der Waals surface area contributed by atoms with Crippen molar-refractivity contribution < 1.29 is 19.8 Å². The van der Waals surface area contributed by atoms with Gasteiger partial charge in [-0.2, -0.15) is 0 Å². The van der Waals surface area contributed by atoms with Gasteiger partial charge in [-0.1, -0.05) is 27.7 Å². The van der Waals surface area contributed by atoms with E-state index < -0.39 is 11.9 Å². The zero-order valence-electron chi connectivity index (χ0n) is 15.3. The fourth-order valence-corrected chi connectivity index (χ4v) is 3.92. The molecule has 0 amide bonds. The molecule has 0 aromatic carbocycles. The van der Waals surface area contributed by atoms with Crippen LogP contribution in [0.4, 0.5) is 0 Å². The maximum atomic E-state index is 9.55. The summed E-state index contributed by atoms with van der Waals surface area (Å²) in [4.78, 5) is 21.8. The third-order valence-corrected chi connectivity index (χ3v) is 4.56. The van der Waals surface area contributed by atoms with E-state index in [2.05, 4.69) is 37.9 Å². The van der Waals surface area contributed by atoms with Gasteiger partial charge in [0.05, 0.1) is 0 Å². The lowest BCUT2D eigenvalue weighted by atomic mass is 9.66. The lowest BCUT2D eigenvalue weighted by molar-refractivity contribution is -0.134. The molecule has 138 valence electrons. The molecule has 6 heteroatoms. The molecule has 6 nitrogen and oxygen atoms in total. The van der Waals surface area contributed by atoms with Crippen molar-refractivity contribution in [3.8, 4) is 0 Å². The summed E-state index contributed by atoms with van der Waals surface area (Å²) in [6.07, 6.45) is 3.87. The number of carbonyl (C=O) groups is 2. The molecule has 0 unspecified atom stereocenters. The monoisotopic (exact) mass is 340 g/mol. The van der Waals surface area contributed by atoms with Crippen LogP contribution in [-0.2, 0) is 9.59 Å². The average Bonchev–Trinajstić information content (AvgIpc) is 2.41. The number of carboxylic acids is 2. The summed E-state index contributed by atoms with van der Waals surface area (Å²) in [6.45, 7) is 15.9. The molecule has 2 aliphatic heterocycles. The number of hydrogen-bond acceptors (Lipinski definition) is 4. The maximum Gasteiger partial charge on any atom is 0.328 e. The van der Waals surface area contributed by atoms with Gasteiger partial charge in [0.25, 0.3) is 0 Å². The van der Waals surface area contributed by atoms with E-state index in [1.807, 2.05) is 0 Å². The van der Waals surface area contributed by atoms with E-state index in [4.69, 9.17) is 10.2 Å². The molecular weight excluding hydrogens is 308 g/mol. The first-order valence-electron chi connectivity index (χ1n) is 8.61. The Kier molecular flexibility index (Phi) is 7.42. The molecule has 0 radical (unpaired) electrons. The van der Waals surface area contributed by atoms with Crippen LogP contribution >= 0.6 is 0 Å². The Labute approximate surface area is 144 Å². The van der Waals surface area contributed by atoms with Gasteiger partial charge < -0.3 is 20.4 Å². The van der Waals surface area contributed by atoms with Crippen molar-refractivity contribution in [1.82, 2.24) is 10.2 Å². The van der Waals surface area contributed by atoms with Crippen LogP contribution in [0.5, 0.6) is 0 Å². The van der Waals surface area contributed by atoms with Crippen molar-refractivity contribution >= 4 is 11.9 Å². The fourth-order valence-electron chi connectivity index (χ4n) is 3.92. The number of fused-ring (bicyclic) bond motifs is 2. The molecule has 2 atom stereocenters. The minimum absolute atomic E-state index is 0.516. The molecule has 0 aromatic rings. The third-order valence-electron chi connectivity index (χ3n) is 4.56. The van der Waals surface area contributed by atoms with Crippen molar-refractivity contribution in [1.29, 1.82) is 0 Å². The summed E-state index contributed by atoms with van der Waals surface area (Å²) in [6, 6.07) is 0. The Balaban J connectivity index is 0.000000307. The molecule has 2 rings (SSSR count). The molecule has 2 bridgehead atoms. The van der Waals surface area contributed by atoms with Crippen LogP contribution in [0.3, 0.4) is 0 Å². The van der Waals surface area contributed by atoms with Gasteiger partial charge in [-0.15, -0.1) is 0 Å². The van der Waals surface area contributed by atoms with Crippen molar-refractivity contribution in [3.63, 3.8) is 0 Å². The second-order valence-corrected chi connectivity index (χ2v) is 8.30. The predicted octanol–water partition coefficient (Wildman–Crippen LogP) is 2.07. The molecule has 2 heterocycles. The zero-order chi connectivity index (χ0) is 18.4. The van der Waals surface area contributed by atoms with Crippen LogP contribution in [0.15, 0.2) is 12.2 Å². The number of carboxylic acid groups (broad SMARTS) is 2. The van der Waals surface area contributed by atoms with Crippen LogP contribution in [0, 0.1) is 16.7 Å². The highest BCUT2D eigenvalue weighted by molar-refractivity contribution is 5.89. The minimum Gasteiger partial charge on any atom is -0.478 e. The zero-order valence-corrected chi connectivity index (χ0v) is 15.3. The Morgan fingerprint density at radius 1 is 1.08 bits per heavy atom. The largest absolute Gasteiger partial charge is 0.478 e. The quantitative estimate of drug-likeness (QED) is 0.664. The van der Waals surface area contributed by atoms with E-state index in [0.717, 1.165) is 5.92 Å². The van der Waals surface area contributed by atoms with Gasteiger partial charge in [0.1, 0.15) is 0 Å². The first-order chi connectivity index (χ1) is 11.0. The second kappa shape index (κ2) is 8.62. The Morgan fingerprint density at radius 3 is 1.92 bits per heavy atom. The molecule has 2 fully saturated rings. The summed E-state index contributed by atoms with van der Waals surface area (Å²) in [5.41, 5.74) is 1.03. The van der Waals surface area contributed by atoms with Gasteiger partial charge in [0.15, 0.2) is 0 Å². The summed E-state index contributed by atoms with van der Waals surface area (Å²) < 4.78 is 0. The molecule has 2 aliphatic rings. The molecule has 0 aliphatic carbocycles. The van der Waals surface area contributed by atoms with Crippen LogP contribution < -0.4 is 5.32 Å². The summed E-state index contributed by atoms with van der Waals surface area (Å²) >= 11 is 0. The molecule has 0 aromatic heterocycles. The molecule has 0 spiro atoms. The Hall–Kier alpha value is -1.40. The van der Waals surface area contributed by atoms with Crippen molar-refractivity contribution in [2.24, 2.45) is 16.7 Å². The number of nitrogens with zero attached hydrogens (tertiary/aromatic N) is 1. The normalized spacial score (nSPS) is 30.0. The topological polar surface area (TPSA) is 89.9 Å². The van der Waals surface area contributed by atoms with Gasteiger partial charge in [0.2, 0.25) is 0 Å². The first-order valence-corrected chi connectivity index (χ1v) is 8.61. The van der Waals surface area contributed by atoms with Gasteiger partial charge in [-0.3, -0.25) is 0 Å². The van der Waals surface area contributed by atoms with E-state index in [0.29, 0.717) is 23.0 Å². The summed E-state index contributed by atoms with van der Waals surface area (Å²) in [5, 5.41) is 19.3. The van der Waals surface area contributed by atoms with Crippen molar-refractivity contribution in [2.75, 3.05) is 32.7 Å². The fraction of sp³-hybridized carbons (Fsp3) is 0.778. The van der Waals surface area contributed by atoms with E-state index in [9.17, 15) is 9.59 Å². The second-order valence-electron chi connectivity index (χ2n) is 8.30. The number of rotatable bonds is 5. The first kappa shape index (κ1) is 20.6. The van der Waals surface area contributed by atoms with Gasteiger partial charge in [-0.05, 0) is 36.1 Å². The average molecular weight is 340 g/mol. The van der Waals surface area contributed by atoms with Crippen LogP contribution in [0.2, 0.25) is 0 Å². The maximum absolute atomic E-state index is 9.55. The number of hydrogen-bond donors (Lipinski definition) is 3. The Bertz CT molecular complexity index is 444. The molecule has 0 saturated carbocycles. The van der Waals surface area contributed by atoms with E-state index >= 15 is 0 Å². The molecule has 24 heavy (non-hydrogen) atoms. The summed E-state index contributed by atoms with van der Waals surface area (Å²) in [7, 11) is 0. The highest BCUT2D eigenvalue weighted by atomic mass is 16.4. The highest BCUT2D eigenvalue weighted by Crippen LogP contribution is 2.42. The van der Waals surface area contributed by atoms with E-state index in [-0.39, 0.29) is 0 Å². The van der Waals surface area contributed by atoms with E-state index in [1.54, 1.807) is 0 Å². The van der Waals surface area contributed by atoms with Gasteiger partial charge in [-0.25, -0.2) is 9.59 Å². The standard InChI is InChI=1S/C14H28N2.C4H4O4/c1-12(2)5-6-16-10-13(3)7-14(4,11-16)9-15-8-13;5-3(6)1-2-4(7)8/h12,15H,5-11H2,1-4H3;1-2H,(H,5,6)(H,7,8)/b;2-1+/t13-,14+;. The van der Waals surface area contributed by atoms with Gasteiger partial charge in [0, 0.05) is 38.3 Å². The lowest BCUT2D eigenvalue weighted by Gasteiger charge is -2.54. The minimum atomic E-state index is -1.26. The number of piperidine rings is 2. The molecule has 2 saturated heterocycles. The van der Waals surface area contributed by atoms with Crippen molar-refractivity contribution in [3.05, 3.63) is 12.2 Å². The smallest absolute Gasteiger partial charge is 0.328 e. The van der Waals surface area contributed by atoms with Crippen LogP contribution in [0.1, 0.15) is 40.5 Å². The highest BCUT2D eigenvalue weighted by Gasteiger charge is 2.45. The van der Waals surface area contributed by atoms with Crippen molar-refractivity contribution in [2.45, 2.75) is 40.5 Å². The Morgan fingerprint density at radius 2 is 1.54 bits per heavy atom. The number of nitrogens with one attached hydrogen (secondary N) is 1. The van der Waals surface area contributed by atoms with Gasteiger partial charge >= 0.3 is 11.9 Å². The third kappa shape index (κ3) is 7.45. The SMILES string of the molecule is CC(C)CCN1C[C@]2(C)CNC[C@](C)(C1)C2.O=C(O)/C=C/C(=O)O. The number of likely N-dealkylation sites (tertiary alicyclic amines) is 1.